The Labute approximate surface area is 184 Å². The van der Waals surface area contributed by atoms with Crippen molar-refractivity contribution in [2.75, 3.05) is 11.1 Å². The highest BCUT2D eigenvalue weighted by molar-refractivity contribution is 7.99. The molecule has 0 aliphatic heterocycles. The fraction of sp³-hybridized carbons (Fsp3) is 0.143. The summed E-state index contributed by atoms with van der Waals surface area (Å²) in [6.07, 6.45) is 0. The molecule has 0 aliphatic rings. The van der Waals surface area contributed by atoms with Gasteiger partial charge in [0.2, 0.25) is 11.7 Å². The van der Waals surface area contributed by atoms with Crippen LogP contribution < -0.4 is 5.32 Å². The number of aromatic nitrogens is 5. The van der Waals surface area contributed by atoms with Crippen LogP contribution in [0.25, 0.3) is 16.8 Å². The molecule has 0 saturated heterocycles. The van der Waals surface area contributed by atoms with Gasteiger partial charge in [0.25, 0.3) is 0 Å². The largest absolute Gasteiger partial charge is 0.304 e. The Bertz CT molecular complexity index is 1390. The standard InChI is InChI=1S/C21H17FN6OS2/c1-13-11-30-19(23-13)24-18(29)12-31-21-26-25-20-27(10-14-6-8-15(22)9-7-14)16-4-2-3-5-17(16)28(20)21/h2-9,11H,10,12H2,1H3,(H,23,24,29). The monoisotopic (exact) mass is 452 g/mol. The maximum atomic E-state index is 13.3. The number of anilines is 1. The predicted molar refractivity (Wildman–Crippen MR) is 120 cm³/mol. The number of carbonyl (C=O) groups is 1. The summed E-state index contributed by atoms with van der Waals surface area (Å²) in [6.45, 7) is 2.42. The van der Waals surface area contributed by atoms with Crippen molar-refractivity contribution in [1.82, 2.24) is 24.1 Å². The summed E-state index contributed by atoms with van der Waals surface area (Å²) in [4.78, 5) is 16.6. The van der Waals surface area contributed by atoms with E-state index in [-0.39, 0.29) is 17.5 Å². The van der Waals surface area contributed by atoms with Gasteiger partial charge in [-0.15, -0.1) is 21.5 Å². The van der Waals surface area contributed by atoms with E-state index in [1.54, 1.807) is 12.1 Å². The fourth-order valence-electron chi connectivity index (χ4n) is 3.36. The van der Waals surface area contributed by atoms with Gasteiger partial charge in [0.15, 0.2) is 10.3 Å². The van der Waals surface area contributed by atoms with Crippen LogP contribution in [0, 0.1) is 12.7 Å². The van der Waals surface area contributed by atoms with Crippen molar-refractivity contribution in [2.24, 2.45) is 0 Å². The molecule has 156 valence electrons. The molecule has 10 heteroatoms. The van der Waals surface area contributed by atoms with Gasteiger partial charge in [0, 0.05) is 5.38 Å². The molecule has 0 atom stereocenters. The highest BCUT2D eigenvalue weighted by atomic mass is 32.2. The molecular weight excluding hydrogens is 435 g/mol. The number of aryl methyl sites for hydroxylation is 1. The molecule has 3 heterocycles. The van der Waals surface area contributed by atoms with Gasteiger partial charge >= 0.3 is 0 Å². The number of thiazole rings is 1. The molecule has 3 aromatic heterocycles. The molecule has 7 nitrogen and oxygen atoms in total. The maximum absolute atomic E-state index is 13.3. The SMILES string of the molecule is Cc1csc(NC(=O)CSc2nnc3n(Cc4ccc(F)cc4)c4ccccc4n23)n1. The van der Waals surface area contributed by atoms with Crippen LogP contribution in [-0.4, -0.2) is 35.8 Å². The number of amides is 1. The minimum atomic E-state index is -0.265. The number of benzene rings is 2. The van der Waals surface area contributed by atoms with Crippen molar-refractivity contribution in [3.05, 3.63) is 71.0 Å². The summed E-state index contributed by atoms with van der Waals surface area (Å²) in [5.74, 6) is 0.449. The second-order valence-corrected chi connectivity index (χ2v) is 8.75. The van der Waals surface area contributed by atoms with Gasteiger partial charge in [-0.3, -0.25) is 9.20 Å². The van der Waals surface area contributed by atoms with Gasteiger partial charge in [0.05, 0.1) is 29.0 Å². The van der Waals surface area contributed by atoms with Crippen LogP contribution in [0.1, 0.15) is 11.3 Å². The predicted octanol–water partition coefficient (Wildman–Crippen LogP) is 4.37. The topological polar surface area (TPSA) is 77.1 Å². The Morgan fingerprint density at radius 1 is 1.13 bits per heavy atom. The average molecular weight is 453 g/mol. The zero-order valence-electron chi connectivity index (χ0n) is 16.4. The molecule has 5 rings (SSSR count). The summed E-state index contributed by atoms with van der Waals surface area (Å²) < 4.78 is 17.3. The third kappa shape index (κ3) is 3.91. The van der Waals surface area contributed by atoms with Gasteiger partial charge in [-0.2, -0.15) is 0 Å². The van der Waals surface area contributed by atoms with Gasteiger partial charge in [-0.1, -0.05) is 36.0 Å². The lowest BCUT2D eigenvalue weighted by Gasteiger charge is -2.05. The summed E-state index contributed by atoms with van der Waals surface area (Å²) >= 11 is 2.72. The molecular formula is C21H17FN6OS2. The van der Waals surface area contributed by atoms with E-state index in [2.05, 4.69) is 20.5 Å². The van der Waals surface area contributed by atoms with Crippen LogP contribution >= 0.6 is 23.1 Å². The summed E-state index contributed by atoms with van der Waals surface area (Å²) in [7, 11) is 0. The molecule has 0 spiro atoms. The summed E-state index contributed by atoms with van der Waals surface area (Å²) in [5, 5.41) is 14.6. The Kier molecular flexibility index (Phi) is 5.16. The average Bonchev–Trinajstić information content (AvgIpc) is 3.44. The van der Waals surface area contributed by atoms with Crippen LogP contribution in [0.3, 0.4) is 0 Å². The van der Waals surface area contributed by atoms with E-state index in [1.165, 1.54) is 35.2 Å². The molecule has 0 radical (unpaired) electrons. The molecule has 0 saturated carbocycles. The first kappa shape index (κ1) is 19.7. The number of hydrogen-bond donors (Lipinski definition) is 1. The third-order valence-corrected chi connectivity index (χ3v) is 6.53. The zero-order valence-corrected chi connectivity index (χ0v) is 18.1. The number of halogens is 1. The Hall–Kier alpha value is -3.24. The highest BCUT2D eigenvalue weighted by Crippen LogP contribution is 2.27. The zero-order chi connectivity index (χ0) is 21.4. The van der Waals surface area contributed by atoms with Crippen LogP contribution in [0.15, 0.2) is 59.1 Å². The van der Waals surface area contributed by atoms with E-state index in [0.717, 1.165) is 22.3 Å². The fourth-order valence-corrected chi connectivity index (χ4v) is 4.80. The number of nitrogens with one attached hydrogen (secondary N) is 1. The molecule has 2 aromatic carbocycles. The molecule has 1 amide bonds. The lowest BCUT2D eigenvalue weighted by Crippen LogP contribution is -2.14. The summed E-state index contributed by atoms with van der Waals surface area (Å²) in [6, 6.07) is 14.4. The molecule has 31 heavy (non-hydrogen) atoms. The van der Waals surface area contributed by atoms with E-state index in [9.17, 15) is 9.18 Å². The Balaban J connectivity index is 1.44. The quantitative estimate of drug-likeness (QED) is 0.387. The number of fused-ring (bicyclic) bond motifs is 3. The number of imidazole rings is 1. The Morgan fingerprint density at radius 3 is 2.65 bits per heavy atom. The van der Waals surface area contributed by atoms with Crippen molar-refractivity contribution >= 4 is 50.9 Å². The van der Waals surface area contributed by atoms with Crippen molar-refractivity contribution in [3.63, 3.8) is 0 Å². The lowest BCUT2D eigenvalue weighted by molar-refractivity contribution is -0.113. The smallest absolute Gasteiger partial charge is 0.237 e. The first-order chi connectivity index (χ1) is 15.1. The second kappa shape index (κ2) is 8.12. The highest BCUT2D eigenvalue weighted by Gasteiger charge is 2.18. The van der Waals surface area contributed by atoms with Crippen LogP contribution in [-0.2, 0) is 11.3 Å². The third-order valence-electron chi connectivity index (χ3n) is 4.72. The Morgan fingerprint density at radius 2 is 1.90 bits per heavy atom. The number of para-hydroxylation sites is 2. The molecule has 1 N–H and O–H groups in total. The van der Waals surface area contributed by atoms with Gasteiger partial charge in [-0.25, -0.2) is 9.37 Å². The van der Waals surface area contributed by atoms with Crippen LogP contribution in [0.4, 0.5) is 9.52 Å². The van der Waals surface area contributed by atoms with Crippen LogP contribution in [0.2, 0.25) is 0 Å². The van der Waals surface area contributed by atoms with Crippen molar-refractivity contribution in [3.8, 4) is 0 Å². The number of carbonyl (C=O) groups excluding carboxylic acids is 1. The molecule has 0 bridgehead atoms. The van der Waals surface area contributed by atoms with Gasteiger partial charge < -0.3 is 9.88 Å². The van der Waals surface area contributed by atoms with E-state index in [4.69, 9.17) is 0 Å². The van der Waals surface area contributed by atoms with Gasteiger partial charge in [0.1, 0.15) is 5.82 Å². The number of rotatable bonds is 6. The van der Waals surface area contributed by atoms with E-state index < -0.39 is 0 Å². The van der Waals surface area contributed by atoms with Gasteiger partial charge in [-0.05, 0) is 36.8 Å². The second-order valence-electron chi connectivity index (χ2n) is 6.95. The first-order valence-corrected chi connectivity index (χ1v) is 11.4. The minimum absolute atomic E-state index is 0.147. The van der Waals surface area contributed by atoms with Crippen molar-refractivity contribution < 1.29 is 9.18 Å². The minimum Gasteiger partial charge on any atom is -0.304 e. The number of thioether (sulfide) groups is 1. The maximum Gasteiger partial charge on any atom is 0.237 e. The van der Waals surface area contributed by atoms with Crippen molar-refractivity contribution in [2.45, 2.75) is 18.6 Å². The number of nitrogens with zero attached hydrogens (tertiary/aromatic N) is 5. The summed E-state index contributed by atoms with van der Waals surface area (Å²) in [5.41, 5.74) is 3.77. The van der Waals surface area contributed by atoms with E-state index >= 15 is 0 Å². The van der Waals surface area contributed by atoms with Crippen LogP contribution in [0.5, 0.6) is 0 Å². The molecule has 5 aromatic rings. The molecule has 0 fully saturated rings. The van der Waals surface area contributed by atoms with E-state index in [1.807, 2.05) is 45.5 Å². The first-order valence-electron chi connectivity index (χ1n) is 9.50. The lowest BCUT2D eigenvalue weighted by atomic mass is 10.2. The number of hydrogen-bond acceptors (Lipinski definition) is 6. The normalized spacial score (nSPS) is 11.4. The molecule has 0 aliphatic carbocycles. The molecule has 0 unspecified atom stereocenters. The van der Waals surface area contributed by atoms with E-state index in [0.29, 0.717) is 22.6 Å². The van der Waals surface area contributed by atoms with Crippen molar-refractivity contribution in [1.29, 1.82) is 0 Å².